The second kappa shape index (κ2) is 7.41. The first kappa shape index (κ1) is 16.7. The lowest BCUT2D eigenvalue weighted by Gasteiger charge is -2.14. The first-order valence-corrected chi connectivity index (χ1v) is 6.78. The van der Waals surface area contributed by atoms with Crippen molar-refractivity contribution in [2.45, 2.75) is 45.7 Å². The first-order valence-electron chi connectivity index (χ1n) is 6.78. The van der Waals surface area contributed by atoms with E-state index in [1.165, 1.54) is 10.8 Å². The molecule has 1 atom stereocenters. The average Bonchev–Trinajstić information content (AvgIpc) is 2.82. The number of carbonyl (C=O) groups is 2. The number of carboxylic acid groups (broad SMARTS) is 1. The Labute approximate surface area is 121 Å². The molecule has 2 N–H and O–H groups in total. The van der Waals surface area contributed by atoms with Crippen LogP contribution in [0.15, 0.2) is 12.3 Å². The van der Waals surface area contributed by atoms with Gasteiger partial charge in [0.1, 0.15) is 11.7 Å². The monoisotopic (exact) mass is 297 g/mol. The molecule has 116 valence electrons. The molecule has 1 amide bonds. The van der Waals surface area contributed by atoms with Gasteiger partial charge in [0.15, 0.2) is 0 Å². The Morgan fingerprint density at radius 2 is 2.10 bits per heavy atom. The van der Waals surface area contributed by atoms with Crippen LogP contribution in [0.2, 0.25) is 0 Å². The normalized spacial score (nSPS) is 11.9. The third-order valence-electron chi connectivity index (χ3n) is 2.97. The zero-order chi connectivity index (χ0) is 16.0. The molecule has 1 aromatic heterocycles. The van der Waals surface area contributed by atoms with E-state index in [1.807, 2.05) is 13.8 Å². The SMILES string of the molecule is CCC[C@H](NC(=O)c1cc([N+](=O)[O-])cn1CCC)C(=O)O. The Kier molecular flexibility index (Phi) is 5.89. The van der Waals surface area contributed by atoms with E-state index in [-0.39, 0.29) is 11.4 Å². The molecule has 0 unspecified atom stereocenters. The fourth-order valence-corrected chi connectivity index (χ4v) is 1.99. The van der Waals surface area contributed by atoms with Crippen molar-refractivity contribution in [2.75, 3.05) is 0 Å². The second-order valence-corrected chi connectivity index (χ2v) is 4.69. The number of hydrogen-bond acceptors (Lipinski definition) is 4. The lowest BCUT2D eigenvalue weighted by molar-refractivity contribution is -0.384. The molecule has 8 nitrogen and oxygen atoms in total. The van der Waals surface area contributed by atoms with Crippen molar-refractivity contribution in [3.63, 3.8) is 0 Å². The Morgan fingerprint density at radius 1 is 1.43 bits per heavy atom. The minimum absolute atomic E-state index is 0.103. The van der Waals surface area contributed by atoms with E-state index in [2.05, 4.69) is 5.32 Å². The second-order valence-electron chi connectivity index (χ2n) is 4.69. The van der Waals surface area contributed by atoms with Gasteiger partial charge in [-0.05, 0) is 12.8 Å². The molecule has 0 aliphatic carbocycles. The van der Waals surface area contributed by atoms with Gasteiger partial charge in [0.05, 0.1) is 11.1 Å². The molecule has 0 aliphatic rings. The van der Waals surface area contributed by atoms with Crippen LogP contribution in [0.25, 0.3) is 0 Å². The van der Waals surface area contributed by atoms with Crippen molar-refractivity contribution in [1.82, 2.24) is 9.88 Å². The number of nitrogens with one attached hydrogen (secondary N) is 1. The maximum Gasteiger partial charge on any atom is 0.326 e. The van der Waals surface area contributed by atoms with Crippen LogP contribution in [-0.4, -0.2) is 32.5 Å². The maximum atomic E-state index is 12.1. The number of rotatable bonds is 8. The molecule has 0 fully saturated rings. The highest BCUT2D eigenvalue weighted by Gasteiger charge is 2.24. The Bertz CT molecular complexity index is 538. The van der Waals surface area contributed by atoms with Gasteiger partial charge in [-0.25, -0.2) is 4.79 Å². The van der Waals surface area contributed by atoms with Crippen molar-refractivity contribution >= 4 is 17.6 Å². The number of amides is 1. The van der Waals surface area contributed by atoms with Crippen molar-refractivity contribution in [3.05, 3.63) is 28.1 Å². The average molecular weight is 297 g/mol. The van der Waals surface area contributed by atoms with E-state index >= 15 is 0 Å². The van der Waals surface area contributed by atoms with E-state index in [0.717, 1.165) is 6.07 Å². The highest BCUT2D eigenvalue weighted by Crippen LogP contribution is 2.17. The number of aliphatic carboxylic acids is 1. The van der Waals surface area contributed by atoms with Crippen LogP contribution >= 0.6 is 0 Å². The van der Waals surface area contributed by atoms with Crippen molar-refractivity contribution < 1.29 is 19.6 Å². The molecule has 1 aromatic rings. The smallest absolute Gasteiger partial charge is 0.326 e. The summed E-state index contributed by atoms with van der Waals surface area (Å²) in [5.41, 5.74) is -0.0816. The topological polar surface area (TPSA) is 114 Å². The molecular formula is C13H19N3O5. The minimum atomic E-state index is -1.12. The van der Waals surface area contributed by atoms with Crippen LogP contribution in [0.5, 0.6) is 0 Å². The number of carboxylic acids is 1. The fourth-order valence-electron chi connectivity index (χ4n) is 1.99. The summed E-state index contributed by atoms with van der Waals surface area (Å²) in [5.74, 6) is -1.73. The molecule has 1 rings (SSSR count). The van der Waals surface area contributed by atoms with Crippen LogP contribution in [0, 0.1) is 10.1 Å². The van der Waals surface area contributed by atoms with Crippen LogP contribution < -0.4 is 5.32 Å². The number of nitrogens with zero attached hydrogens (tertiary/aromatic N) is 2. The summed E-state index contributed by atoms with van der Waals surface area (Å²) >= 11 is 0. The van der Waals surface area contributed by atoms with Crippen molar-refractivity contribution in [2.24, 2.45) is 0 Å². The molecule has 0 bridgehead atoms. The Hall–Kier alpha value is -2.38. The summed E-state index contributed by atoms with van der Waals surface area (Å²) in [4.78, 5) is 33.4. The third kappa shape index (κ3) is 4.30. The molecular weight excluding hydrogens is 278 g/mol. The van der Waals surface area contributed by atoms with Gasteiger partial charge < -0.3 is 15.0 Å². The number of aryl methyl sites for hydroxylation is 1. The molecule has 0 spiro atoms. The van der Waals surface area contributed by atoms with E-state index in [4.69, 9.17) is 5.11 Å². The summed E-state index contributed by atoms with van der Waals surface area (Å²) in [7, 11) is 0. The zero-order valence-corrected chi connectivity index (χ0v) is 12.0. The molecule has 0 radical (unpaired) electrons. The van der Waals surface area contributed by atoms with E-state index in [9.17, 15) is 19.7 Å². The van der Waals surface area contributed by atoms with Gasteiger partial charge in [-0.15, -0.1) is 0 Å². The Balaban J connectivity index is 2.99. The standard InChI is InChI=1S/C13H19N3O5/c1-3-5-10(13(18)19)14-12(17)11-7-9(16(20)21)8-15(11)6-4-2/h7-8,10H,3-6H2,1-2H3,(H,14,17)(H,18,19)/t10-/m0/s1. The minimum Gasteiger partial charge on any atom is -0.480 e. The van der Waals surface area contributed by atoms with E-state index in [0.29, 0.717) is 25.8 Å². The summed E-state index contributed by atoms with van der Waals surface area (Å²) in [6.45, 7) is 4.14. The predicted molar refractivity (Wildman–Crippen MR) is 75.2 cm³/mol. The summed E-state index contributed by atoms with van der Waals surface area (Å²) in [6.07, 6.45) is 2.89. The number of carbonyl (C=O) groups excluding carboxylic acids is 1. The van der Waals surface area contributed by atoms with Gasteiger partial charge in [0.25, 0.3) is 11.6 Å². The third-order valence-corrected chi connectivity index (χ3v) is 2.97. The first-order chi connectivity index (χ1) is 9.90. The van der Waals surface area contributed by atoms with Crippen LogP contribution in [0.3, 0.4) is 0 Å². The highest BCUT2D eigenvalue weighted by atomic mass is 16.6. The van der Waals surface area contributed by atoms with E-state index < -0.39 is 22.8 Å². The number of hydrogen-bond donors (Lipinski definition) is 2. The quantitative estimate of drug-likeness (QED) is 0.560. The van der Waals surface area contributed by atoms with E-state index in [1.54, 1.807) is 0 Å². The number of aromatic nitrogens is 1. The largest absolute Gasteiger partial charge is 0.480 e. The van der Waals surface area contributed by atoms with Gasteiger partial charge in [-0.2, -0.15) is 0 Å². The molecule has 0 aromatic carbocycles. The van der Waals surface area contributed by atoms with Gasteiger partial charge in [-0.3, -0.25) is 14.9 Å². The van der Waals surface area contributed by atoms with Gasteiger partial charge in [-0.1, -0.05) is 20.3 Å². The van der Waals surface area contributed by atoms with Crippen LogP contribution in [0.4, 0.5) is 5.69 Å². The lowest BCUT2D eigenvalue weighted by Crippen LogP contribution is -2.41. The summed E-state index contributed by atoms with van der Waals surface area (Å²) in [5, 5.41) is 22.2. The molecule has 0 saturated heterocycles. The summed E-state index contributed by atoms with van der Waals surface area (Å²) in [6, 6.07) is 0.169. The Morgan fingerprint density at radius 3 is 2.57 bits per heavy atom. The maximum absolute atomic E-state index is 12.1. The molecule has 0 saturated carbocycles. The molecule has 21 heavy (non-hydrogen) atoms. The van der Waals surface area contributed by atoms with Crippen molar-refractivity contribution in [3.8, 4) is 0 Å². The summed E-state index contributed by atoms with van der Waals surface area (Å²) < 4.78 is 1.47. The molecule has 1 heterocycles. The van der Waals surface area contributed by atoms with Gasteiger partial charge in [0.2, 0.25) is 0 Å². The number of nitro groups is 1. The van der Waals surface area contributed by atoms with Gasteiger partial charge >= 0.3 is 5.97 Å². The van der Waals surface area contributed by atoms with Crippen LogP contribution in [-0.2, 0) is 11.3 Å². The van der Waals surface area contributed by atoms with Crippen molar-refractivity contribution in [1.29, 1.82) is 0 Å². The molecule has 0 aliphatic heterocycles. The highest BCUT2D eigenvalue weighted by molar-refractivity contribution is 5.96. The fraction of sp³-hybridized carbons (Fsp3) is 0.538. The lowest BCUT2D eigenvalue weighted by atomic mass is 10.1. The van der Waals surface area contributed by atoms with Gasteiger partial charge in [0, 0.05) is 12.6 Å². The van der Waals surface area contributed by atoms with Crippen LogP contribution in [0.1, 0.15) is 43.6 Å². The zero-order valence-electron chi connectivity index (χ0n) is 12.0. The molecule has 8 heteroatoms. The predicted octanol–water partition coefficient (Wildman–Crippen LogP) is 1.79.